The molecular formula is C12H7BrClN3O3. The van der Waals surface area contributed by atoms with E-state index in [1.807, 2.05) is 0 Å². The van der Waals surface area contributed by atoms with E-state index in [0.29, 0.717) is 10.2 Å². The molecule has 0 saturated carbocycles. The molecule has 0 saturated heterocycles. The summed E-state index contributed by atoms with van der Waals surface area (Å²) in [6, 6.07) is 7.03. The molecule has 8 heteroatoms. The average molecular weight is 357 g/mol. The molecule has 20 heavy (non-hydrogen) atoms. The molecule has 0 bridgehead atoms. The molecule has 2 rings (SSSR count). The van der Waals surface area contributed by atoms with Crippen LogP contribution in [0.3, 0.4) is 0 Å². The van der Waals surface area contributed by atoms with E-state index in [9.17, 15) is 14.9 Å². The van der Waals surface area contributed by atoms with Crippen LogP contribution in [0.5, 0.6) is 0 Å². The van der Waals surface area contributed by atoms with E-state index in [1.165, 1.54) is 18.2 Å². The summed E-state index contributed by atoms with van der Waals surface area (Å²) in [5, 5.41) is 13.3. The van der Waals surface area contributed by atoms with Crippen LogP contribution in [0.15, 0.2) is 41.1 Å². The van der Waals surface area contributed by atoms with Crippen molar-refractivity contribution in [2.24, 2.45) is 0 Å². The number of non-ortho nitro benzene ring substituents is 1. The summed E-state index contributed by atoms with van der Waals surface area (Å²) in [7, 11) is 0. The SMILES string of the molecule is O=C(Nc1ccc([N+](=O)[O-])cc1Cl)c1cccnc1Br. The molecule has 0 unspecified atom stereocenters. The highest BCUT2D eigenvalue weighted by molar-refractivity contribution is 9.10. The van der Waals surface area contributed by atoms with Crippen LogP contribution in [0.25, 0.3) is 0 Å². The zero-order valence-corrected chi connectivity index (χ0v) is 12.2. The Morgan fingerprint density at radius 3 is 2.75 bits per heavy atom. The van der Waals surface area contributed by atoms with Gasteiger partial charge in [-0.1, -0.05) is 11.6 Å². The van der Waals surface area contributed by atoms with Crippen molar-refractivity contribution in [1.82, 2.24) is 4.98 Å². The van der Waals surface area contributed by atoms with Crippen molar-refractivity contribution < 1.29 is 9.72 Å². The minimum atomic E-state index is -0.560. The van der Waals surface area contributed by atoms with Crippen LogP contribution in [0.2, 0.25) is 5.02 Å². The molecule has 102 valence electrons. The number of anilines is 1. The lowest BCUT2D eigenvalue weighted by molar-refractivity contribution is -0.384. The predicted octanol–water partition coefficient (Wildman–Crippen LogP) is 3.66. The largest absolute Gasteiger partial charge is 0.321 e. The normalized spacial score (nSPS) is 10.1. The van der Waals surface area contributed by atoms with E-state index in [1.54, 1.807) is 18.3 Å². The molecule has 0 atom stereocenters. The Labute approximate surface area is 127 Å². The molecule has 0 spiro atoms. The monoisotopic (exact) mass is 355 g/mol. The minimum Gasteiger partial charge on any atom is -0.321 e. The number of aromatic nitrogens is 1. The maximum atomic E-state index is 12.0. The molecule has 0 aliphatic carbocycles. The molecule has 2 aromatic rings. The van der Waals surface area contributed by atoms with E-state index < -0.39 is 10.8 Å². The molecule has 0 aliphatic rings. The van der Waals surface area contributed by atoms with Crippen LogP contribution in [0, 0.1) is 10.1 Å². The Kier molecular flexibility index (Phi) is 4.31. The molecule has 0 aliphatic heterocycles. The Hall–Kier alpha value is -1.99. The summed E-state index contributed by atoms with van der Waals surface area (Å²) < 4.78 is 0.399. The average Bonchev–Trinajstić information content (AvgIpc) is 2.41. The first-order valence-electron chi connectivity index (χ1n) is 5.35. The van der Waals surface area contributed by atoms with Gasteiger partial charge in [0.2, 0.25) is 0 Å². The molecule has 6 nitrogen and oxygen atoms in total. The fourth-order valence-corrected chi connectivity index (χ4v) is 2.12. The van der Waals surface area contributed by atoms with Gasteiger partial charge in [-0.3, -0.25) is 14.9 Å². The number of nitro benzene ring substituents is 1. The number of amides is 1. The lowest BCUT2D eigenvalue weighted by Gasteiger charge is -2.07. The lowest BCUT2D eigenvalue weighted by atomic mass is 10.2. The van der Waals surface area contributed by atoms with Crippen molar-refractivity contribution in [3.05, 3.63) is 61.8 Å². The first kappa shape index (κ1) is 14.4. The summed E-state index contributed by atoms with van der Waals surface area (Å²) in [5.74, 6) is -0.416. The Morgan fingerprint density at radius 1 is 1.40 bits per heavy atom. The highest BCUT2D eigenvalue weighted by Gasteiger charge is 2.14. The Bertz CT molecular complexity index is 693. The van der Waals surface area contributed by atoms with Gasteiger partial charge in [0.15, 0.2) is 0 Å². The van der Waals surface area contributed by atoms with Gasteiger partial charge in [0, 0.05) is 18.3 Å². The number of carbonyl (C=O) groups excluding carboxylic acids is 1. The third-order valence-electron chi connectivity index (χ3n) is 2.42. The summed E-state index contributed by atoms with van der Waals surface area (Å²) in [6.45, 7) is 0. The summed E-state index contributed by atoms with van der Waals surface area (Å²) in [4.78, 5) is 26.0. The lowest BCUT2D eigenvalue weighted by Crippen LogP contribution is -2.13. The molecule has 0 fully saturated rings. The third-order valence-corrected chi connectivity index (χ3v) is 3.36. The number of nitrogens with one attached hydrogen (secondary N) is 1. The fourth-order valence-electron chi connectivity index (χ4n) is 1.46. The van der Waals surface area contributed by atoms with Gasteiger partial charge in [-0.25, -0.2) is 4.98 Å². The third kappa shape index (κ3) is 3.12. The number of nitrogens with zero attached hydrogens (tertiary/aromatic N) is 2. The molecular weight excluding hydrogens is 350 g/mol. The highest BCUT2D eigenvalue weighted by atomic mass is 79.9. The van der Waals surface area contributed by atoms with E-state index in [2.05, 4.69) is 26.2 Å². The van der Waals surface area contributed by atoms with Gasteiger partial charge in [0.1, 0.15) is 4.60 Å². The number of hydrogen-bond acceptors (Lipinski definition) is 4. The number of carbonyl (C=O) groups is 1. The van der Waals surface area contributed by atoms with E-state index in [-0.39, 0.29) is 16.4 Å². The summed E-state index contributed by atoms with van der Waals surface area (Å²) >= 11 is 9.06. The Balaban J connectivity index is 2.25. The standard InChI is InChI=1S/C12H7BrClN3O3/c13-11-8(2-1-5-15-11)12(18)16-10-4-3-7(17(19)20)6-9(10)14/h1-6H,(H,16,18). The van der Waals surface area contributed by atoms with E-state index in [4.69, 9.17) is 11.6 Å². The van der Waals surface area contributed by atoms with Crippen molar-refractivity contribution in [3.8, 4) is 0 Å². The fraction of sp³-hybridized carbons (Fsp3) is 0. The van der Waals surface area contributed by atoms with Gasteiger partial charge in [0.25, 0.3) is 11.6 Å². The van der Waals surface area contributed by atoms with E-state index in [0.717, 1.165) is 0 Å². The Morgan fingerprint density at radius 2 is 2.15 bits per heavy atom. The molecule has 1 heterocycles. The smallest absolute Gasteiger partial charge is 0.271 e. The highest BCUT2D eigenvalue weighted by Crippen LogP contribution is 2.27. The number of pyridine rings is 1. The number of rotatable bonds is 3. The number of nitro groups is 1. The van der Waals surface area contributed by atoms with Gasteiger partial charge in [0.05, 0.1) is 21.2 Å². The van der Waals surface area contributed by atoms with Gasteiger partial charge in [-0.05, 0) is 34.1 Å². The molecule has 0 radical (unpaired) electrons. The minimum absolute atomic E-state index is 0.0903. The van der Waals surface area contributed by atoms with Gasteiger partial charge in [-0.15, -0.1) is 0 Å². The number of halogens is 2. The zero-order valence-electron chi connectivity index (χ0n) is 9.84. The predicted molar refractivity (Wildman–Crippen MR) is 78.0 cm³/mol. The molecule has 1 N–H and O–H groups in total. The first-order valence-corrected chi connectivity index (χ1v) is 6.52. The molecule has 1 amide bonds. The van der Waals surface area contributed by atoms with Crippen LogP contribution in [-0.2, 0) is 0 Å². The molecule has 1 aromatic heterocycles. The van der Waals surface area contributed by atoms with Crippen molar-refractivity contribution in [3.63, 3.8) is 0 Å². The molecule has 1 aromatic carbocycles. The van der Waals surface area contributed by atoms with Crippen LogP contribution in [0.4, 0.5) is 11.4 Å². The first-order chi connectivity index (χ1) is 9.49. The second kappa shape index (κ2) is 5.98. The number of hydrogen-bond donors (Lipinski definition) is 1. The van der Waals surface area contributed by atoms with Crippen LogP contribution in [0.1, 0.15) is 10.4 Å². The summed E-state index contributed by atoms with van der Waals surface area (Å²) in [6.07, 6.45) is 1.54. The maximum absolute atomic E-state index is 12.0. The van der Waals surface area contributed by atoms with Crippen molar-refractivity contribution in [2.75, 3.05) is 5.32 Å². The van der Waals surface area contributed by atoms with E-state index >= 15 is 0 Å². The second-order valence-corrected chi connectivity index (χ2v) is 4.88. The van der Waals surface area contributed by atoms with Crippen molar-refractivity contribution in [1.29, 1.82) is 0 Å². The zero-order chi connectivity index (χ0) is 14.7. The quantitative estimate of drug-likeness (QED) is 0.516. The topological polar surface area (TPSA) is 85.1 Å². The van der Waals surface area contributed by atoms with Crippen LogP contribution in [-0.4, -0.2) is 15.8 Å². The van der Waals surface area contributed by atoms with Gasteiger partial charge >= 0.3 is 0 Å². The van der Waals surface area contributed by atoms with Gasteiger partial charge < -0.3 is 5.32 Å². The van der Waals surface area contributed by atoms with Crippen LogP contribution < -0.4 is 5.32 Å². The van der Waals surface area contributed by atoms with Crippen molar-refractivity contribution in [2.45, 2.75) is 0 Å². The second-order valence-electron chi connectivity index (χ2n) is 3.72. The maximum Gasteiger partial charge on any atom is 0.271 e. The number of benzene rings is 1. The van der Waals surface area contributed by atoms with Crippen LogP contribution >= 0.6 is 27.5 Å². The van der Waals surface area contributed by atoms with Crippen molar-refractivity contribution >= 4 is 44.8 Å². The van der Waals surface area contributed by atoms with Gasteiger partial charge in [-0.2, -0.15) is 0 Å². The summed E-state index contributed by atoms with van der Waals surface area (Å²) in [5.41, 5.74) is 0.482.